The lowest BCUT2D eigenvalue weighted by Gasteiger charge is -2.32. The molecule has 0 spiro atoms. The predicted octanol–water partition coefficient (Wildman–Crippen LogP) is 3.14. The summed E-state index contributed by atoms with van der Waals surface area (Å²) in [5.74, 6) is 0.895. The number of likely N-dealkylation sites (tertiary alicyclic amines) is 1. The lowest BCUT2D eigenvalue weighted by Crippen LogP contribution is -2.51. The molecule has 0 aromatic carbocycles. The Labute approximate surface area is 233 Å². The van der Waals surface area contributed by atoms with Crippen LogP contribution in [0.2, 0.25) is 0 Å². The summed E-state index contributed by atoms with van der Waals surface area (Å²) in [6.45, 7) is 19.5. The average Bonchev–Trinajstić information content (AvgIpc) is 3.50. The van der Waals surface area contributed by atoms with Crippen molar-refractivity contribution in [1.29, 1.82) is 0 Å². The van der Waals surface area contributed by atoms with Crippen LogP contribution in [0.3, 0.4) is 0 Å². The van der Waals surface area contributed by atoms with Crippen LogP contribution in [-0.4, -0.2) is 82.5 Å². The van der Waals surface area contributed by atoms with Gasteiger partial charge in [-0.05, 0) is 79.6 Å². The number of nitrogens with one attached hydrogen (secondary N) is 1. The van der Waals surface area contributed by atoms with Crippen molar-refractivity contribution in [2.75, 3.05) is 24.5 Å². The second-order valence-corrected chi connectivity index (χ2v) is 13.6. The van der Waals surface area contributed by atoms with Gasteiger partial charge >= 0.3 is 13.2 Å². The number of anilines is 1. The highest BCUT2D eigenvalue weighted by atomic mass is 16.7. The average molecular weight is 544 g/mol. The first-order valence-corrected chi connectivity index (χ1v) is 14.3. The number of ether oxygens (including phenoxy) is 1. The number of hydrogen-bond acceptors (Lipinski definition) is 8. The number of rotatable bonds is 8. The van der Waals surface area contributed by atoms with Gasteiger partial charge in [0, 0.05) is 43.5 Å². The van der Waals surface area contributed by atoms with E-state index < -0.39 is 36.1 Å². The fraction of sp³-hybridized carbons (Fsp3) is 0.786. The zero-order chi connectivity index (χ0) is 28.8. The van der Waals surface area contributed by atoms with Crippen molar-refractivity contribution in [3.63, 3.8) is 0 Å². The third-order valence-electron chi connectivity index (χ3n) is 8.09. The maximum Gasteiger partial charge on any atom is 0.498 e. The molecule has 4 rings (SSSR count). The van der Waals surface area contributed by atoms with Gasteiger partial charge < -0.3 is 29.2 Å². The normalized spacial score (nSPS) is 23.2. The summed E-state index contributed by atoms with van der Waals surface area (Å²) in [5, 5.41) is 2.79. The van der Waals surface area contributed by atoms with Gasteiger partial charge in [-0.25, -0.2) is 14.8 Å². The van der Waals surface area contributed by atoms with E-state index in [-0.39, 0.29) is 11.8 Å². The van der Waals surface area contributed by atoms with E-state index in [4.69, 9.17) is 24.0 Å². The van der Waals surface area contributed by atoms with Crippen LogP contribution in [0.1, 0.15) is 81.6 Å². The van der Waals surface area contributed by atoms with E-state index in [9.17, 15) is 9.59 Å². The van der Waals surface area contributed by atoms with E-state index in [0.717, 1.165) is 31.3 Å². The first kappa shape index (κ1) is 29.6. The minimum Gasteiger partial charge on any atom is -0.444 e. The van der Waals surface area contributed by atoms with Crippen molar-refractivity contribution in [1.82, 2.24) is 20.2 Å². The van der Waals surface area contributed by atoms with E-state index in [1.807, 2.05) is 67.2 Å². The molecule has 10 nitrogen and oxygen atoms in total. The zero-order valence-electron chi connectivity index (χ0n) is 25.1. The quantitative estimate of drug-likeness (QED) is 0.499. The summed E-state index contributed by atoms with van der Waals surface area (Å²) in [7, 11) is -0.490. The zero-order valence-corrected chi connectivity index (χ0v) is 25.1. The van der Waals surface area contributed by atoms with Crippen LogP contribution >= 0.6 is 0 Å². The van der Waals surface area contributed by atoms with E-state index in [1.54, 1.807) is 12.4 Å². The maximum atomic E-state index is 13.4. The Morgan fingerprint density at radius 3 is 2.23 bits per heavy atom. The molecule has 39 heavy (non-hydrogen) atoms. The second-order valence-electron chi connectivity index (χ2n) is 13.6. The van der Waals surface area contributed by atoms with Gasteiger partial charge in [0.15, 0.2) is 0 Å². The molecular weight excluding hydrogens is 497 g/mol. The van der Waals surface area contributed by atoms with E-state index >= 15 is 0 Å². The summed E-state index contributed by atoms with van der Waals surface area (Å²) in [5.41, 5.74) is -0.647. The fourth-order valence-electron chi connectivity index (χ4n) is 4.97. The molecule has 2 amide bonds. The second kappa shape index (κ2) is 10.9. The standard InChI is InChI=1S/C28H46BN5O5/c1-18(2)22(32-25(36)37-26(3,4)5)23(35)33-13-12-19(16-33)17-34(21-10-11-21)24-30-14-20(15-31-24)29-38-27(6,7)28(8,9)39-29/h14-15,18-19,21-22H,10-13,16-17H2,1-9H3,(H,32,36). The third-order valence-corrected chi connectivity index (χ3v) is 8.09. The minimum atomic E-state index is -0.621. The van der Waals surface area contributed by atoms with Crippen LogP contribution in [0.4, 0.5) is 10.7 Å². The third kappa shape index (κ3) is 7.03. The number of aromatic nitrogens is 2. The molecule has 1 aliphatic carbocycles. The Balaban J connectivity index is 1.37. The Hall–Kier alpha value is -2.40. The van der Waals surface area contributed by atoms with Gasteiger partial charge in [0.25, 0.3) is 0 Å². The monoisotopic (exact) mass is 543 g/mol. The molecule has 3 aliphatic rings. The lowest BCUT2D eigenvalue weighted by molar-refractivity contribution is -0.133. The van der Waals surface area contributed by atoms with Gasteiger partial charge in [0.1, 0.15) is 11.6 Å². The van der Waals surface area contributed by atoms with E-state index in [1.165, 1.54) is 0 Å². The summed E-state index contributed by atoms with van der Waals surface area (Å²) in [6.07, 6.45) is 6.18. The smallest absolute Gasteiger partial charge is 0.444 e. The number of carbonyl (C=O) groups is 2. The number of alkyl carbamates (subject to hydrolysis) is 1. The topological polar surface area (TPSA) is 106 Å². The first-order chi connectivity index (χ1) is 18.1. The van der Waals surface area contributed by atoms with Crippen molar-refractivity contribution in [3.05, 3.63) is 12.4 Å². The Kier molecular flexibility index (Phi) is 8.25. The van der Waals surface area contributed by atoms with Gasteiger partial charge in [-0.3, -0.25) is 4.79 Å². The van der Waals surface area contributed by atoms with E-state index in [2.05, 4.69) is 10.2 Å². The molecule has 2 unspecified atom stereocenters. The molecule has 2 saturated heterocycles. The Morgan fingerprint density at radius 2 is 1.72 bits per heavy atom. The molecular formula is C28H46BN5O5. The van der Waals surface area contributed by atoms with Gasteiger partial charge in [-0.15, -0.1) is 0 Å². The van der Waals surface area contributed by atoms with Gasteiger partial charge in [0.2, 0.25) is 11.9 Å². The maximum absolute atomic E-state index is 13.4. The van der Waals surface area contributed by atoms with Crippen LogP contribution in [0.25, 0.3) is 0 Å². The van der Waals surface area contributed by atoms with Crippen molar-refractivity contribution < 1.29 is 23.6 Å². The van der Waals surface area contributed by atoms with Gasteiger partial charge in [-0.1, -0.05) is 13.8 Å². The van der Waals surface area contributed by atoms with Crippen molar-refractivity contribution >= 4 is 30.5 Å². The fourth-order valence-corrected chi connectivity index (χ4v) is 4.97. The highest BCUT2D eigenvalue weighted by Gasteiger charge is 2.52. The molecule has 1 N–H and O–H groups in total. The molecule has 3 heterocycles. The van der Waals surface area contributed by atoms with Crippen molar-refractivity contribution in [3.8, 4) is 0 Å². The molecule has 2 atom stereocenters. The number of carbonyl (C=O) groups excluding carboxylic acids is 2. The highest BCUT2D eigenvalue weighted by Crippen LogP contribution is 2.36. The molecule has 11 heteroatoms. The summed E-state index contributed by atoms with van der Waals surface area (Å²) in [6, 6.07) is -0.196. The minimum absolute atomic E-state index is 0.0528. The Morgan fingerprint density at radius 1 is 1.13 bits per heavy atom. The Bertz CT molecular complexity index is 1020. The van der Waals surface area contributed by atoms with Crippen LogP contribution in [0, 0.1) is 11.8 Å². The number of hydrogen-bond donors (Lipinski definition) is 1. The summed E-state index contributed by atoms with van der Waals surface area (Å²) >= 11 is 0. The molecule has 1 aromatic heterocycles. The lowest BCUT2D eigenvalue weighted by atomic mass is 9.81. The largest absolute Gasteiger partial charge is 0.498 e. The van der Waals surface area contributed by atoms with Crippen LogP contribution in [0.5, 0.6) is 0 Å². The molecule has 2 aliphatic heterocycles. The van der Waals surface area contributed by atoms with Crippen LogP contribution < -0.4 is 15.7 Å². The summed E-state index contributed by atoms with van der Waals surface area (Å²) in [4.78, 5) is 39.3. The first-order valence-electron chi connectivity index (χ1n) is 14.3. The van der Waals surface area contributed by atoms with Crippen LogP contribution in [0.15, 0.2) is 12.4 Å². The molecule has 3 fully saturated rings. The SMILES string of the molecule is CC(C)C(NC(=O)OC(C)(C)C)C(=O)N1CCC(CN(c2ncc(B3OC(C)(C)C(C)(C)O3)cn2)C2CC2)C1. The highest BCUT2D eigenvalue weighted by molar-refractivity contribution is 6.61. The van der Waals surface area contributed by atoms with Crippen LogP contribution in [-0.2, 0) is 18.8 Å². The molecule has 0 radical (unpaired) electrons. The summed E-state index contributed by atoms with van der Waals surface area (Å²) < 4.78 is 17.7. The predicted molar refractivity (Wildman–Crippen MR) is 151 cm³/mol. The molecule has 1 aromatic rings. The molecule has 1 saturated carbocycles. The van der Waals surface area contributed by atoms with Crippen molar-refractivity contribution in [2.24, 2.45) is 11.8 Å². The van der Waals surface area contributed by atoms with E-state index in [0.29, 0.717) is 31.0 Å². The molecule has 216 valence electrons. The number of nitrogens with zero attached hydrogens (tertiary/aromatic N) is 4. The number of amides is 2. The van der Waals surface area contributed by atoms with Crippen molar-refractivity contribution in [2.45, 2.75) is 110 Å². The van der Waals surface area contributed by atoms with Gasteiger partial charge in [0.05, 0.1) is 11.2 Å². The molecule has 0 bridgehead atoms. The van der Waals surface area contributed by atoms with Gasteiger partial charge in [-0.2, -0.15) is 0 Å².